The average Bonchev–Trinajstić information content (AvgIpc) is 3.38. The van der Waals surface area contributed by atoms with Gasteiger partial charge in [0.2, 0.25) is 5.95 Å². The van der Waals surface area contributed by atoms with Gasteiger partial charge in [0.25, 0.3) is 0 Å². The number of aliphatic hydroxyl groups is 1. The van der Waals surface area contributed by atoms with Crippen molar-refractivity contribution in [3.8, 4) is 11.5 Å². The molecule has 0 spiro atoms. The first-order valence-corrected chi connectivity index (χ1v) is 12.2. The highest BCUT2D eigenvalue weighted by Crippen LogP contribution is 2.25. The SMILES string of the molecule is CCCC(CCO)Nc1nc(N(Cc2ccc(OC)cc2)Cc2ccc(OC)cc2)c2nccn2n1. The van der Waals surface area contributed by atoms with E-state index in [1.54, 1.807) is 24.9 Å². The number of hydrogen-bond donors (Lipinski definition) is 2. The molecule has 0 saturated carbocycles. The summed E-state index contributed by atoms with van der Waals surface area (Å²) in [5.74, 6) is 2.87. The van der Waals surface area contributed by atoms with Crippen LogP contribution in [0.3, 0.4) is 0 Å². The fraction of sp³-hybridized carbons (Fsp3) is 0.370. The first kappa shape index (κ1) is 25.2. The Bertz CT molecular complexity index is 1170. The van der Waals surface area contributed by atoms with Gasteiger partial charge in [-0.15, -0.1) is 5.10 Å². The lowest BCUT2D eigenvalue weighted by Crippen LogP contribution is -2.27. The molecule has 36 heavy (non-hydrogen) atoms. The van der Waals surface area contributed by atoms with E-state index in [-0.39, 0.29) is 12.6 Å². The van der Waals surface area contributed by atoms with Crippen molar-refractivity contribution >= 4 is 17.4 Å². The summed E-state index contributed by atoms with van der Waals surface area (Å²) >= 11 is 0. The number of anilines is 2. The first-order valence-electron chi connectivity index (χ1n) is 12.2. The van der Waals surface area contributed by atoms with E-state index in [0.29, 0.717) is 31.1 Å². The molecule has 0 aliphatic rings. The van der Waals surface area contributed by atoms with Crippen molar-refractivity contribution in [3.63, 3.8) is 0 Å². The molecule has 4 aromatic rings. The van der Waals surface area contributed by atoms with Gasteiger partial charge in [0.05, 0.1) is 14.2 Å². The molecule has 0 amide bonds. The molecular weight excluding hydrogens is 456 g/mol. The summed E-state index contributed by atoms with van der Waals surface area (Å²) in [5, 5.41) is 17.6. The summed E-state index contributed by atoms with van der Waals surface area (Å²) in [7, 11) is 3.33. The normalized spacial score (nSPS) is 11.9. The van der Waals surface area contributed by atoms with E-state index >= 15 is 0 Å². The third kappa shape index (κ3) is 6.23. The Kier molecular flexibility index (Phi) is 8.57. The molecule has 9 nitrogen and oxygen atoms in total. The summed E-state index contributed by atoms with van der Waals surface area (Å²) in [6, 6.07) is 16.2. The predicted octanol–water partition coefficient (Wildman–Crippen LogP) is 4.31. The summed E-state index contributed by atoms with van der Waals surface area (Å²) in [4.78, 5) is 11.7. The number of nitrogens with one attached hydrogen (secondary N) is 1. The van der Waals surface area contributed by atoms with Crippen LogP contribution in [0, 0.1) is 0 Å². The lowest BCUT2D eigenvalue weighted by atomic mass is 10.1. The Morgan fingerprint density at radius 1 is 0.944 bits per heavy atom. The molecule has 0 aliphatic carbocycles. The summed E-state index contributed by atoms with van der Waals surface area (Å²) < 4.78 is 12.4. The molecule has 2 heterocycles. The number of aliphatic hydroxyl groups excluding tert-OH is 1. The van der Waals surface area contributed by atoms with Gasteiger partial charge in [-0.2, -0.15) is 4.98 Å². The van der Waals surface area contributed by atoms with E-state index in [0.717, 1.165) is 41.3 Å². The van der Waals surface area contributed by atoms with E-state index in [9.17, 15) is 5.11 Å². The van der Waals surface area contributed by atoms with Crippen LogP contribution < -0.4 is 19.7 Å². The zero-order chi connectivity index (χ0) is 25.3. The minimum absolute atomic E-state index is 0.0884. The lowest BCUT2D eigenvalue weighted by molar-refractivity contribution is 0.276. The summed E-state index contributed by atoms with van der Waals surface area (Å²) in [6.45, 7) is 3.47. The van der Waals surface area contributed by atoms with Crippen LogP contribution in [0.5, 0.6) is 11.5 Å². The second-order valence-electron chi connectivity index (χ2n) is 8.65. The minimum atomic E-state index is 0.0884. The molecule has 0 fully saturated rings. The number of fused-ring (bicyclic) bond motifs is 1. The molecule has 0 bridgehead atoms. The molecule has 2 aromatic heterocycles. The van der Waals surface area contributed by atoms with E-state index in [1.165, 1.54) is 0 Å². The first-order chi connectivity index (χ1) is 17.6. The molecule has 1 unspecified atom stereocenters. The molecule has 0 saturated heterocycles. The van der Waals surface area contributed by atoms with Crippen LogP contribution in [-0.2, 0) is 13.1 Å². The predicted molar refractivity (Wildman–Crippen MR) is 141 cm³/mol. The highest BCUT2D eigenvalue weighted by atomic mass is 16.5. The fourth-order valence-corrected chi connectivity index (χ4v) is 4.17. The third-order valence-electron chi connectivity index (χ3n) is 6.05. The smallest absolute Gasteiger partial charge is 0.243 e. The Morgan fingerprint density at radius 3 is 2.08 bits per heavy atom. The summed E-state index contributed by atoms with van der Waals surface area (Å²) in [6.07, 6.45) is 6.11. The number of ether oxygens (including phenoxy) is 2. The van der Waals surface area contributed by atoms with Crippen LogP contribution in [0.4, 0.5) is 11.8 Å². The van der Waals surface area contributed by atoms with Crippen molar-refractivity contribution in [2.24, 2.45) is 0 Å². The van der Waals surface area contributed by atoms with Crippen molar-refractivity contribution < 1.29 is 14.6 Å². The Balaban J connectivity index is 1.71. The van der Waals surface area contributed by atoms with Gasteiger partial charge in [-0.05, 0) is 48.2 Å². The Hall–Kier alpha value is -3.85. The van der Waals surface area contributed by atoms with Gasteiger partial charge in [-0.1, -0.05) is 37.6 Å². The molecule has 190 valence electrons. The molecular formula is C27H34N6O3. The maximum absolute atomic E-state index is 9.50. The monoisotopic (exact) mass is 490 g/mol. The number of rotatable bonds is 13. The van der Waals surface area contributed by atoms with E-state index in [4.69, 9.17) is 14.5 Å². The minimum Gasteiger partial charge on any atom is -0.497 e. The number of imidazole rings is 1. The maximum Gasteiger partial charge on any atom is 0.243 e. The van der Waals surface area contributed by atoms with Crippen molar-refractivity contribution in [2.75, 3.05) is 31.0 Å². The van der Waals surface area contributed by atoms with Crippen LogP contribution >= 0.6 is 0 Å². The second kappa shape index (κ2) is 12.2. The Labute approximate surface area is 211 Å². The standard InChI is InChI=1S/C27H34N6O3/c1-4-5-22(14-17-34)29-27-30-26(25-28-15-16-33(25)31-27)32(18-20-6-10-23(35-2)11-7-20)19-21-8-12-24(36-3)13-9-21/h6-13,15-16,22,34H,4-5,14,17-19H2,1-3H3,(H,29,31). The van der Waals surface area contributed by atoms with Crippen molar-refractivity contribution in [2.45, 2.75) is 45.3 Å². The van der Waals surface area contributed by atoms with Gasteiger partial charge in [0.15, 0.2) is 11.5 Å². The third-order valence-corrected chi connectivity index (χ3v) is 6.05. The number of hydrogen-bond acceptors (Lipinski definition) is 8. The fourth-order valence-electron chi connectivity index (χ4n) is 4.17. The van der Waals surface area contributed by atoms with Gasteiger partial charge >= 0.3 is 0 Å². The van der Waals surface area contributed by atoms with E-state index in [2.05, 4.69) is 51.5 Å². The number of aromatic nitrogens is 4. The molecule has 0 radical (unpaired) electrons. The molecule has 4 rings (SSSR count). The zero-order valence-corrected chi connectivity index (χ0v) is 21.1. The van der Waals surface area contributed by atoms with Crippen LogP contribution in [0.2, 0.25) is 0 Å². The van der Waals surface area contributed by atoms with Crippen molar-refractivity contribution in [1.29, 1.82) is 0 Å². The largest absolute Gasteiger partial charge is 0.497 e. The zero-order valence-electron chi connectivity index (χ0n) is 21.1. The molecule has 2 N–H and O–H groups in total. The quantitative estimate of drug-likeness (QED) is 0.286. The molecule has 0 aliphatic heterocycles. The highest BCUT2D eigenvalue weighted by molar-refractivity contribution is 5.65. The van der Waals surface area contributed by atoms with E-state index in [1.807, 2.05) is 30.5 Å². The lowest BCUT2D eigenvalue weighted by Gasteiger charge is -2.25. The Morgan fingerprint density at radius 2 is 1.56 bits per heavy atom. The average molecular weight is 491 g/mol. The molecule has 2 aromatic carbocycles. The van der Waals surface area contributed by atoms with Crippen LogP contribution in [0.15, 0.2) is 60.9 Å². The maximum atomic E-state index is 9.50. The number of nitrogens with zero attached hydrogens (tertiary/aromatic N) is 5. The number of methoxy groups -OCH3 is 2. The molecule has 9 heteroatoms. The molecule has 1 atom stereocenters. The van der Waals surface area contributed by atoms with Crippen molar-refractivity contribution in [3.05, 3.63) is 72.1 Å². The van der Waals surface area contributed by atoms with E-state index < -0.39 is 0 Å². The van der Waals surface area contributed by atoms with Gasteiger partial charge < -0.3 is 24.8 Å². The van der Waals surface area contributed by atoms with Crippen LogP contribution in [-0.4, -0.2) is 51.6 Å². The van der Waals surface area contributed by atoms with Gasteiger partial charge in [-0.25, -0.2) is 9.50 Å². The summed E-state index contributed by atoms with van der Waals surface area (Å²) in [5.41, 5.74) is 2.91. The van der Waals surface area contributed by atoms with Crippen molar-refractivity contribution in [1.82, 2.24) is 19.6 Å². The topological polar surface area (TPSA) is 97.0 Å². The van der Waals surface area contributed by atoms with Gasteiger partial charge in [0.1, 0.15) is 11.5 Å². The number of benzene rings is 2. The van der Waals surface area contributed by atoms with Crippen LogP contribution in [0.1, 0.15) is 37.3 Å². The van der Waals surface area contributed by atoms with Gasteiger partial charge in [-0.3, -0.25) is 0 Å². The second-order valence-corrected chi connectivity index (χ2v) is 8.65. The van der Waals surface area contributed by atoms with Crippen LogP contribution in [0.25, 0.3) is 5.65 Å². The van der Waals surface area contributed by atoms with Gasteiger partial charge in [0, 0.05) is 38.1 Å². The highest BCUT2D eigenvalue weighted by Gasteiger charge is 2.19.